The molecule has 0 saturated carbocycles. The van der Waals surface area contributed by atoms with Gasteiger partial charge in [-0.3, -0.25) is 9.69 Å². The first-order chi connectivity index (χ1) is 13.4. The van der Waals surface area contributed by atoms with Crippen molar-refractivity contribution in [3.05, 3.63) is 77.1 Å². The number of hydrogen-bond acceptors (Lipinski definition) is 3. The summed E-state index contributed by atoms with van der Waals surface area (Å²) in [6.07, 6.45) is 3.55. The number of hydrogen-bond donors (Lipinski definition) is 2. The lowest BCUT2D eigenvalue weighted by molar-refractivity contribution is -0.121. The molecule has 1 saturated heterocycles. The van der Waals surface area contributed by atoms with E-state index in [0.717, 1.165) is 26.9 Å². The predicted molar refractivity (Wildman–Crippen MR) is 104 cm³/mol. The minimum absolute atomic E-state index is 0.225. The molecule has 1 aliphatic heterocycles. The molecule has 0 unspecified atom stereocenters. The molecule has 7 heteroatoms. The Balaban J connectivity index is 1.75. The fourth-order valence-electron chi connectivity index (χ4n) is 3.30. The van der Waals surface area contributed by atoms with E-state index in [1.807, 2.05) is 41.1 Å². The van der Waals surface area contributed by atoms with Gasteiger partial charge in [-0.25, -0.2) is 9.59 Å². The van der Waals surface area contributed by atoms with Crippen LogP contribution >= 0.6 is 0 Å². The number of urea groups is 1. The first kappa shape index (κ1) is 17.5. The van der Waals surface area contributed by atoms with E-state index >= 15 is 0 Å². The topological polar surface area (TPSA) is 91.6 Å². The van der Waals surface area contributed by atoms with E-state index in [1.165, 1.54) is 7.05 Å². The fraction of sp³-hybridized carbons (Fsp3) is 0.0952. The van der Waals surface area contributed by atoms with Crippen LogP contribution in [-0.4, -0.2) is 39.5 Å². The lowest BCUT2D eigenvalue weighted by Crippen LogP contribution is -2.25. The molecule has 0 aliphatic carbocycles. The number of nitrogens with one attached hydrogen (secondary N) is 1. The number of amides is 3. The normalized spacial score (nSPS) is 15.5. The van der Waals surface area contributed by atoms with Crippen LogP contribution in [-0.2, 0) is 11.3 Å². The van der Waals surface area contributed by atoms with Crippen molar-refractivity contribution in [2.75, 3.05) is 7.05 Å². The van der Waals surface area contributed by atoms with E-state index in [2.05, 4.69) is 5.32 Å². The standard InChI is InChI=1S/C21H17N3O4/c1-23-19(25)17(22-21(23)28)10-15-12-24(18-8-3-2-7-16(15)18)11-13-5-4-6-14(9-13)20(26)27/h2-10,12H,11H2,1H3,(H,22,28)(H,26,27)/b17-10+. The van der Waals surface area contributed by atoms with Gasteiger partial charge in [0.15, 0.2) is 0 Å². The number of rotatable bonds is 4. The van der Waals surface area contributed by atoms with Crippen molar-refractivity contribution in [3.63, 3.8) is 0 Å². The number of nitrogens with zero attached hydrogens (tertiary/aromatic N) is 2. The first-order valence-electron chi connectivity index (χ1n) is 8.65. The van der Waals surface area contributed by atoms with Crippen molar-refractivity contribution in [1.82, 2.24) is 14.8 Å². The minimum Gasteiger partial charge on any atom is -0.478 e. The van der Waals surface area contributed by atoms with Gasteiger partial charge >= 0.3 is 12.0 Å². The molecular formula is C21H17N3O4. The van der Waals surface area contributed by atoms with E-state index in [9.17, 15) is 19.5 Å². The summed E-state index contributed by atoms with van der Waals surface area (Å²) in [6, 6.07) is 14.1. The number of carboxylic acid groups (broad SMARTS) is 1. The van der Waals surface area contributed by atoms with Crippen LogP contribution in [0.5, 0.6) is 0 Å². The van der Waals surface area contributed by atoms with Crippen molar-refractivity contribution in [2.24, 2.45) is 0 Å². The number of carboxylic acids is 1. The highest BCUT2D eigenvalue weighted by Gasteiger charge is 2.30. The molecule has 7 nitrogen and oxygen atoms in total. The molecule has 1 aromatic heterocycles. The monoisotopic (exact) mass is 375 g/mol. The van der Waals surface area contributed by atoms with Crippen molar-refractivity contribution in [1.29, 1.82) is 0 Å². The highest BCUT2D eigenvalue weighted by atomic mass is 16.4. The van der Waals surface area contributed by atoms with E-state index in [0.29, 0.717) is 6.54 Å². The van der Waals surface area contributed by atoms with E-state index in [4.69, 9.17) is 0 Å². The minimum atomic E-state index is -0.968. The summed E-state index contributed by atoms with van der Waals surface area (Å²) < 4.78 is 1.99. The van der Waals surface area contributed by atoms with Gasteiger partial charge < -0.3 is 15.0 Å². The molecule has 1 aliphatic rings. The molecule has 0 radical (unpaired) electrons. The summed E-state index contributed by atoms with van der Waals surface area (Å²) in [5.74, 6) is -1.35. The van der Waals surface area contributed by atoms with Gasteiger partial charge in [0.05, 0.1) is 5.56 Å². The third-order valence-corrected chi connectivity index (χ3v) is 4.73. The fourth-order valence-corrected chi connectivity index (χ4v) is 3.30. The van der Waals surface area contributed by atoms with Crippen LogP contribution in [0.3, 0.4) is 0 Å². The summed E-state index contributed by atoms with van der Waals surface area (Å²) >= 11 is 0. The van der Waals surface area contributed by atoms with Crippen LogP contribution in [0.4, 0.5) is 4.79 Å². The molecule has 0 spiro atoms. The van der Waals surface area contributed by atoms with E-state index in [-0.39, 0.29) is 17.2 Å². The average Bonchev–Trinajstić information content (AvgIpc) is 3.15. The Kier molecular flexibility index (Phi) is 4.19. The quantitative estimate of drug-likeness (QED) is 0.542. The van der Waals surface area contributed by atoms with Gasteiger partial charge in [0, 0.05) is 36.3 Å². The van der Waals surface area contributed by atoms with Crippen LogP contribution < -0.4 is 5.32 Å². The summed E-state index contributed by atoms with van der Waals surface area (Å²) in [5, 5.41) is 12.7. The second-order valence-electron chi connectivity index (χ2n) is 6.59. The van der Waals surface area contributed by atoms with Crippen LogP contribution in [0, 0.1) is 0 Å². The van der Waals surface area contributed by atoms with E-state index < -0.39 is 12.0 Å². The molecular weight excluding hydrogens is 358 g/mol. The zero-order chi connectivity index (χ0) is 19.8. The zero-order valence-electron chi connectivity index (χ0n) is 15.0. The maximum absolute atomic E-state index is 12.2. The summed E-state index contributed by atoms with van der Waals surface area (Å²) in [5.41, 5.74) is 3.05. The average molecular weight is 375 g/mol. The number of likely N-dealkylation sites (N-methyl/N-ethyl adjacent to an activating group) is 1. The van der Waals surface area contributed by atoms with Crippen LogP contribution in [0.1, 0.15) is 21.5 Å². The Morgan fingerprint density at radius 1 is 1.14 bits per heavy atom. The van der Waals surface area contributed by atoms with Gasteiger partial charge in [-0.05, 0) is 29.8 Å². The Labute approximate surface area is 160 Å². The van der Waals surface area contributed by atoms with Crippen LogP contribution in [0.15, 0.2) is 60.4 Å². The Bertz CT molecular complexity index is 1160. The lowest BCUT2D eigenvalue weighted by atomic mass is 10.1. The maximum Gasteiger partial charge on any atom is 0.335 e. The number of para-hydroxylation sites is 1. The number of carbonyl (C=O) groups is 3. The number of fused-ring (bicyclic) bond motifs is 1. The number of aromatic nitrogens is 1. The van der Waals surface area contributed by atoms with Crippen LogP contribution in [0.2, 0.25) is 0 Å². The molecule has 0 atom stereocenters. The molecule has 2 aromatic carbocycles. The smallest absolute Gasteiger partial charge is 0.335 e. The summed E-state index contributed by atoms with van der Waals surface area (Å²) in [7, 11) is 1.43. The maximum atomic E-state index is 12.2. The van der Waals surface area contributed by atoms with Crippen molar-refractivity contribution in [2.45, 2.75) is 6.54 Å². The second kappa shape index (κ2) is 6.70. The van der Waals surface area contributed by atoms with Crippen LogP contribution in [0.25, 0.3) is 17.0 Å². The van der Waals surface area contributed by atoms with Gasteiger partial charge in [0.1, 0.15) is 5.70 Å². The third-order valence-electron chi connectivity index (χ3n) is 4.73. The molecule has 2 N–H and O–H groups in total. The van der Waals surface area contributed by atoms with Gasteiger partial charge in [0.2, 0.25) is 0 Å². The first-order valence-corrected chi connectivity index (χ1v) is 8.65. The molecule has 3 aromatic rings. The lowest BCUT2D eigenvalue weighted by Gasteiger charge is -2.06. The molecule has 140 valence electrons. The van der Waals surface area contributed by atoms with E-state index in [1.54, 1.807) is 24.3 Å². The van der Waals surface area contributed by atoms with Crippen molar-refractivity contribution in [3.8, 4) is 0 Å². The van der Waals surface area contributed by atoms with Gasteiger partial charge in [-0.2, -0.15) is 0 Å². The van der Waals surface area contributed by atoms with Gasteiger partial charge in [-0.1, -0.05) is 30.3 Å². The Morgan fingerprint density at radius 2 is 1.93 bits per heavy atom. The Morgan fingerprint density at radius 3 is 2.64 bits per heavy atom. The molecule has 0 bridgehead atoms. The third kappa shape index (κ3) is 3.03. The number of benzene rings is 2. The number of imide groups is 1. The van der Waals surface area contributed by atoms with Crippen molar-refractivity contribution >= 4 is 34.9 Å². The highest BCUT2D eigenvalue weighted by Crippen LogP contribution is 2.25. The molecule has 28 heavy (non-hydrogen) atoms. The molecule has 3 amide bonds. The molecule has 1 fully saturated rings. The highest BCUT2D eigenvalue weighted by molar-refractivity contribution is 6.14. The Hall–Kier alpha value is -3.87. The zero-order valence-corrected chi connectivity index (χ0v) is 15.0. The van der Waals surface area contributed by atoms with Crippen molar-refractivity contribution < 1.29 is 19.5 Å². The second-order valence-corrected chi connectivity index (χ2v) is 6.59. The van der Waals surface area contributed by atoms with Gasteiger partial charge in [0.25, 0.3) is 5.91 Å². The largest absolute Gasteiger partial charge is 0.478 e. The summed E-state index contributed by atoms with van der Waals surface area (Å²) in [6.45, 7) is 0.477. The summed E-state index contributed by atoms with van der Waals surface area (Å²) in [4.78, 5) is 36.1. The number of carbonyl (C=O) groups excluding carboxylic acids is 2. The SMILES string of the molecule is CN1C(=O)N/C(=C/c2cn(Cc3cccc(C(=O)O)c3)c3ccccc23)C1=O. The van der Waals surface area contributed by atoms with Gasteiger partial charge in [-0.15, -0.1) is 0 Å². The number of aromatic carboxylic acids is 1. The molecule has 4 rings (SSSR count). The molecule has 2 heterocycles. The predicted octanol–water partition coefficient (Wildman–Crippen LogP) is 2.91.